The van der Waals surface area contributed by atoms with Gasteiger partial charge >= 0.3 is 5.97 Å². The van der Waals surface area contributed by atoms with Gasteiger partial charge in [0.15, 0.2) is 3.79 Å². The number of esters is 1. The normalized spacial score (nSPS) is 13.2. The van der Waals surface area contributed by atoms with E-state index >= 15 is 0 Å². The van der Waals surface area contributed by atoms with Crippen LogP contribution in [0.25, 0.3) is 0 Å². The average Bonchev–Trinajstić information content (AvgIpc) is 1.99. The zero-order valence-electron chi connectivity index (χ0n) is 7.15. The molecule has 0 aliphatic rings. The van der Waals surface area contributed by atoms with Crippen molar-refractivity contribution in [2.45, 2.75) is 14.0 Å². The number of hydrogen-bond acceptors (Lipinski definition) is 2. The van der Waals surface area contributed by atoms with Gasteiger partial charge in [-0.3, -0.25) is 0 Å². The highest BCUT2D eigenvalue weighted by Crippen LogP contribution is 2.30. The molecule has 0 aromatic rings. The van der Waals surface area contributed by atoms with Crippen molar-refractivity contribution >= 4 is 75.6 Å². The molecule has 0 radical (unpaired) electrons. The van der Waals surface area contributed by atoms with Crippen molar-refractivity contribution in [3.05, 3.63) is 12.2 Å². The predicted octanol–water partition coefficient (Wildman–Crippen LogP) is 4.22. The lowest BCUT2D eigenvalue weighted by Gasteiger charge is -2.09. The summed E-state index contributed by atoms with van der Waals surface area (Å²) in [6.07, 6.45) is 3.22. The number of halogens is 6. The van der Waals surface area contributed by atoms with E-state index in [1.165, 1.54) is 6.08 Å². The van der Waals surface area contributed by atoms with Crippen molar-refractivity contribution in [1.82, 2.24) is 0 Å². The van der Waals surface area contributed by atoms with E-state index in [2.05, 4.69) is 4.74 Å². The minimum atomic E-state index is -2.07. The first-order chi connectivity index (χ1) is 6.63. The lowest BCUT2D eigenvalue weighted by Crippen LogP contribution is -2.21. The van der Waals surface area contributed by atoms with Gasteiger partial charge in [0.1, 0.15) is 6.61 Å². The first-order valence-electron chi connectivity index (χ1n) is 3.58. The van der Waals surface area contributed by atoms with Crippen molar-refractivity contribution < 1.29 is 9.53 Å². The van der Waals surface area contributed by atoms with E-state index < -0.39 is 13.6 Å². The molecule has 0 heterocycles. The van der Waals surface area contributed by atoms with Crippen LogP contribution in [0.4, 0.5) is 0 Å². The summed E-state index contributed by atoms with van der Waals surface area (Å²) in [5.41, 5.74) is 0. The SMILES string of the molecule is O=C(OC/C=C/CC(Cl)(Cl)Cl)C(Cl)(Cl)Cl. The van der Waals surface area contributed by atoms with Crippen LogP contribution in [0.3, 0.4) is 0 Å². The van der Waals surface area contributed by atoms with Crippen LogP contribution in [-0.2, 0) is 9.53 Å². The fourth-order valence-electron chi connectivity index (χ4n) is 0.491. The first-order valence-corrected chi connectivity index (χ1v) is 5.85. The molecule has 0 aromatic heterocycles. The maximum absolute atomic E-state index is 10.9. The number of alkyl halides is 6. The molecule has 2 nitrogen and oxygen atoms in total. The number of carbonyl (C=O) groups is 1. The lowest BCUT2D eigenvalue weighted by molar-refractivity contribution is -0.141. The Morgan fingerprint density at radius 2 is 1.60 bits per heavy atom. The second kappa shape index (κ2) is 6.63. The zero-order valence-corrected chi connectivity index (χ0v) is 11.7. The van der Waals surface area contributed by atoms with E-state index in [0.29, 0.717) is 0 Å². The third-order valence-corrected chi connectivity index (χ3v) is 1.98. The fraction of sp³-hybridized carbons (Fsp3) is 0.571. The zero-order chi connectivity index (χ0) is 12.1. The van der Waals surface area contributed by atoms with E-state index in [4.69, 9.17) is 69.6 Å². The average molecular weight is 335 g/mol. The molecule has 0 aliphatic heterocycles. The fourth-order valence-corrected chi connectivity index (χ4v) is 0.922. The highest BCUT2D eigenvalue weighted by molar-refractivity contribution is 6.75. The summed E-state index contributed by atoms with van der Waals surface area (Å²) in [4.78, 5) is 10.9. The van der Waals surface area contributed by atoms with E-state index in [-0.39, 0.29) is 13.0 Å². The van der Waals surface area contributed by atoms with Gasteiger partial charge in [0.2, 0.25) is 0 Å². The van der Waals surface area contributed by atoms with Gasteiger partial charge in [-0.2, -0.15) is 0 Å². The van der Waals surface area contributed by atoms with Crippen LogP contribution in [0, 0.1) is 0 Å². The molecule has 15 heavy (non-hydrogen) atoms. The summed E-state index contributed by atoms with van der Waals surface area (Å²) in [6, 6.07) is 0. The van der Waals surface area contributed by atoms with Crippen molar-refractivity contribution in [1.29, 1.82) is 0 Å². The standard InChI is InChI=1S/C7H6Cl6O2/c8-6(9,10)3-1-2-4-15-5(14)7(11,12)13/h1-2H,3-4H2/b2-1+. The van der Waals surface area contributed by atoms with Gasteiger partial charge in [0, 0.05) is 6.42 Å². The van der Waals surface area contributed by atoms with Gasteiger partial charge in [-0.25, -0.2) is 4.79 Å². The summed E-state index contributed by atoms with van der Waals surface area (Å²) >= 11 is 32.1. The van der Waals surface area contributed by atoms with E-state index in [9.17, 15) is 4.79 Å². The Morgan fingerprint density at radius 3 is 2.00 bits per heavy atom. The van der Waals surface area contributed by atoms with Crippen LogP contribution in [-0.4, -0.2) is 20.2 Å². The van der Waals surface area contributed by atoms with E-state index in [1.54, 1.807) is 6.08 Å². The number of ether oxygens (including phenoxy) is 1. The van der Waals surface area contributed by atoms with Crippen LogP contribution >= 0.6 is 69.6 Å². The minimum Gasteiger partial charge on any atom is -0.458 e. The quantitative estimate of drug-likeness (QED) is 0.439. The topological polar surface area (TPSA) is 26.3 Å². The summed E-state index contributed by atoms with van der Waals surface area (Å²) in [5.74, 6) is -0.953. The van der Waals surface area contributed by atoms with Crippen molar-refractivity contribution in [3.63, 3.8) is 0 Å². The van der Waals surface area contributed by atoms with Gasteiger partial charge in [-0.15, -0.1) is 0 Å². The summed E-state index contributed by atoms with van der Waals surface area (Å²) in [5, 5.41) is 0. The summed E-state index contributed by atoms with van der Waals surface area (Å²) in [6.45, 7) is -0.0481. The molecule has 0 amide bonds. The largest absolute Gasteiger partial charge is 0.458 e. The van der Waals surface area contributed by atoms with Crippen LogP contribution in [0.15, 0.2) is 12.2 Å². The predicted molar refractivity (Wildman–Crippen MR) is 65.3 cm³/mol. The van der Waals surface area contributed by atoms with Crippen LogP contribution in [0.2, 0.25) is 0 Å². The molecule has 0 fully saturated rings. The summed E-state index contributed by atoms with van der Waals surface area (Å²) in [7, 11) is 0. The Morgan fingerprint density at radius 1 is 1.07 bits per heavy atom. The summed E-state index contributed by atoms with van der Waals surface area (Å²) < 4.78 is 1.14. The Balaban J connectivity index is 3.77. The molecule has 0 bridgehead atoms. The van der Waals surface area contributed by atoms with Gasteiger partial charge in [-0.05, 0) is 0 Å². The molecule has 0 saturated heterocycles. The number of rotatable bonds is 3. The van der Waals surface area contributed by atoms with Crippen molar-refractivity contribution in [2.24, 2.45) is 0 Å². The smallest absolute Gasteiger partial charge is 0.358 e. The van der Waals surface area contributed by atoms with Gasteiger partial charge in [0.05, 0.1) is 0 Å². The van der Waals surface area contributed by atoms with Crippen molar-refractivity contribution in [2.75, 3.05) is 6.61 Å². The highest BCUT2D eigenvalue weighted by atomic mass is 35.6. The van der Waals surface area contributed by atoms with Crippen molar-refractivity contribution in [3.8, 4) is 0 Å². The maximum atomic E-state index is 10.9. The molecule has 0 saturated carbocycles. The molecular weight excluding hydrogens is 329 g/mol. The molecule has 88 valence electrons. The Labute approximate surface area is 117 Å². The second-order valence-corrected chi connectivity index (χ2v) is 7.18. The lowest BCUT2D eigenvalue weighted by atomic mass is 10.4. The molecule has 0 rings (SSSR count). The number of carbonyl (C=O) groups excluding carboxylic acids is 1. The van der Waals surface area contributed by atoms with E-state index in [1.807, 2.05) is 0 Å². The molecule has 8 heteroatoms. The Hall–Kier alpha value is 0.950. The number of allylic oxidation sites excluding steroid dienone is 1. The van der Waals surface area contributed by atoms with E-state index in [0.717, 1.165) is 0 Å². The van der Waals surface area contributed by atoms with Crippen LogP contribution in [0.1, 0.15) is 6.42 Å². The molecule has 0 N–H and O–H groups in total. The minimum absolute atomic E-state index is 0.0481. The molecule has 0 atom stereocenters. The molecule has 0 aliphatic carbocycles. The third-order valence-electron chi connectivity index (χ3n) is 1.06. The highest BCUT2D eigenvalue weighted by Gasteiger charge is 2.32. The molecule has 0 unspecified atom stereocenters. The third kappa shape index (κ3) is 9.86. The van der Waals surface area contributed by atoms with Crippen LogP contribution in [0.5, 0.6) is 0 Å². The number of hydrogen-bond donors (Lipinski definition) is 0. The Bertz CT molecular complexity index is 239. The van der Waals surface area contributed by atoms with Gasteiger partial charge in [-0.1, -0.05) is 81.8 Å². The monoisotopic (exact) mass is 332 g/mol. The van der Waals surface area contributed by atoms with Crippen LogP contribution < -0.4 is 0 Å². The molecular formula is C7H6Cl6O2. The molecule has 0 spiro atoms. The van der Waals surface area contributed by atoms with Gasteiger partial charge < -0.3 is 4.74 Å². The maximum Gasteiger partial charge on any atom is 0.358 e. The van der Waals surface area contributed by atoms with Gasteiger partial charge in [0.25, 0.3) is 3.79 Å². The first kappa shape index (κ1) is 16.0. The Kier molecular flexibility index (Phi) is 7.05. The molecule has 0 aromatic carbocycles. The second-order valence-electron chi connectivity index (χ2n) is 2.39.